The molecule has 1 heterocycles. The summed E-state index contributed by atoms with van der Waals surface area (Å²) in [6.07, 6.45) is 15.5. The number of carbonyl (C=O) groups excluding carboxylic acids is 2. The van der Waals surface area contributed by atoms with E-state index in [0.29, 0.717) is 29.7 Å². The topological polar surface area (TPSA) is 49.4 Å². The summed E-state index contributed by atoms with van der Waals surface area (Å²) in [5.74, 6) is 3.23. The van der Waals surface area contributed by atoms with Crippen LogP contribution in [0.3, 0.4) is 0 Å². The molecule has 4 nitrogen and oxygen atoms in total. The molecule has 4 rings (SSSR count). The van der Waals surface area contributed by atoms with E-state index < -0.39 is 0 Å². The van der Waals surface area contributed by atoms with Crippen molar-refractivity contribution in [2.75, 3.05) is 18.9 Å². The second kappa shape index (κ2) is 9.19. The van der Waals surface area contributed by atoms with Gasteiger partial charge in [0.05, 0.1) is 0 Å². The zero-order valence-electron chi connectivity index (χ0n) is 19.7. The van der Waals surface area contributed by atoms with Gasteiger partial charge in [-0.25, -0.2) is 0 Å². The molecule has 0 spiro atoms. The van der Waals surface area contributed by atoms with Crippen molar-refractivity contribution >= 4 is 27.7 Å². The standard InChI is InChI=1S/C26H41BrN2O2/c1-25-14-12-21-19(9-11-22-26(21,2)15-13-24(31)29(22)3)20(25)10-8-18(25)17-28-23(30)7-5-4-6-16-27/h13,15,18-22H,4-12,14,16-17H2,1-3H3,(H,28,30)/t18-,19+,20+,21+,22-,25-,26-/m1/s1. The van der Waals surface area contributed by atoms with Gasteiger partial charge in [-0.15, -0.1) is 0 Å². The molecule has 2 amide bonds. The lowest BCUT2D eigenvalue weighted by Crippen LogP contribution is -2.59. The predicted octanol–water partition coefficient (Wildman–Crippen LogP) is 5.31. The van der Waals surface area contributed by atoms with E-state index in [-0.39, 0.29) is 17.2 Å². The highest BCUT2D eigenvalue weighted by Gasteiger charge is 2.60. The molecule has 0 unspecified atom stereocenters. The maximum atomic E-state index is 12.3. The lowest BCUT2D eigenvalue weighted by molar-refractivity contribution is -0.139. The SMILES string of the molecule is CN1C(=O)C=C[C@]2(C)[C@H]3CC[C@]4(C)[C@@H](CNC(=O)CCCCCBr)CC[C@H]4[C@@H]3CC[C@@H]12. The van der Waals surface area contributed by atoms with Crippen LogP contribution in [0.5, 0.6) is 0 Å². The fourth-order valence-electron chi connectivity index (χ4n) is 8.06. The number of hydrogen-bond donors (Lipinski definition) is 1. The molecule has 0 aromatic rings. The second-order valence-corrected chi connectivity index (χ2v) is 12.0. The molecule has 3 aliphatic carbocycles. The molecule has 3 saturated carbocycles. The summed E-state index contributed by atoms with van der Waals surface area (Å²) in [6.45, 7) is 5.80. The Hall–Kier alpha value is -0.840. The number of halogens is 1. The molecule has 0 aromatic carbocycles. The van der Waals surface area contributed by atoms with Gasteiger partial charge in [0.25, 0.3) is 0 Å². The van der Waals surface area contributed by atoms with Gasteiger partial charge < -0.3 is 10.2 Å². The van der Waals surface area contributed by atoms with Crippen LogP contribution in [0.4, 0.5) is 0 Å². The summed E-state index contributed by atoms with van der Waals surface area (Å²) in [4.78, 5) is 26.6. The van der Waals surface area contributed by atoms with Crippen LogP contribution < -0.4 is 5.32 Å². The molecular formula is C26H41BrN2O2. The number of alkyl halides is 1. The van der Waals surface area contributed by atoms with Crippen LogP contribution in [0.25, 0.3) is 0 Å². The third-order valence-corrected chi connectivity index (χ3v) is 10.5. The molecule has 174 valence electrons. The maximum Gasteiger partial charge on any atom is 0.246 e. The highest BCUT2D eigenvalue weighted by Crippen LogP contribution is 2.65. The van der Waals surface area contributed by atoms with E-state index in [0.717, 1.165) is 49.4 Å². The molecule has 1 N–H and O–H groups in total. The summed E-state index contributed by atoms with van der Waals surface area (Å²) in [5, 5.41) is 4.32. The Labute approximate surface area is 197 Å². The van der Waals surface area contributed by atoms with Gasteiger partial charge in [0.15, 0.2) is 0 Å². The molecule has 0 aromatic heterocycles. The Balaban J connectivity index is 1.39. The van der Waals surface area contributed by atoms with E-state index in [4.69, 9.17) is 0 Å². The molecule has 5 heteroatoms. The van der Waals surface area contributed by atoms with Crippen molar-refractivity contribution in [1.29, 1.82) is 0 Å². The first-order valence-corrected chi connectivity index (χ1v) is 13.7. The van der Waals surface area contributed by atoms with Gasteiger partial charge in [0.1, 0.15) is 0 Å². The molecule has 31 heavy (non-hydrogen) atoms. The number of carbonyl (C=O) groups is 2. The number of rotatable bonds is 7. The van der Waals surface area contributed by atoms with E-state index in [9.17, 15) is 9.59 Å². The fraction of sp³-hybridized carbons (Fsp3) is 0.846. The van der Waals surface area contributed by atoms with Crippen molar-refractivity contribution < 1.29 is 9.59 Å². The van der Waals surface area contributed by atoms with Gasteiger partial charge in [-0.3, -0.25) is 9.59 Å². The molecule has 0 saturated heterocycles. The summed E-state index contributed by atoms with van der Waals surface area (Å²) in [7, 11) is 2.00. The minimum atomic E-state index is 0.119. The van der Waals surface area contributed by atoms with Crippen molar-refractivity contribution in [2.24, 2.45) is 34.5 Å². The van der Waals surface area contributed by atoms with Crippen LogP contribution in [0.2, 0.25) is 0 Å². The van der Waals surface area contributed by atoms with Gasteiger partial charge >= 0.3 is 0 Å². The smallest absolute Gasteiger partial charge is 0.246 e. The molecule has 0 radical (unpaired) electrons. The largest absolute Gasteiger partial charge is 0.356 e. The second-order valence-electron chi connectivity index (χ2n) is 11.2. The van der Waals surface area contributed by atoms with E-state index in [1.807, 2.05) is 18.0 Å². The number of hydrogen-bond acceptors (Lipinski definition) is 2. The van der Waals surface area contributed by atoms with Crippen LogP contribution in [0.15, 0.2) is 12.2 Å². The number of fused-ring (bicyclic) bond motifs is 5. The Morgan fingerprint density at radius 2 is 1.94 bits per heavy atom. The van der Waals surface area contributed by atoms with Crippen molar-refractivity contribution in [2.45, 2.75) is 84.1 Å². The Morgan fingerprint density at radius 1 is 1.13 bits per heavy atom. The third-order valence-electron chi connectivity index (χ3n) is 9.91. The van der Waals surface area contributed by atoms with Crippen LogP contribution in [0, 0.1) is 34.5 Å². The third kappa shape index (κ3) is 4.13. The molecule has 0 bridgehead atoms. The zero-order valence-corrected chi connectivity index (χ0v) is 21.3. The fourth-order valence-corrected chi connectivity index (χ4v) is 8.46. The highest BCUT2D eigenvalue weighted by molar-refractivity contribution is 9.09. The minimum absolute atomic E-state index is 0.119. The van der Waals surface area contributed by atoms with Gasteiger partial charge in [0.2, 0.25) is 11.8 Å². The molecule has 3 fully saturated rings. The Bertz CT molecular complexity index is 724. The first-order valence-electron chi connectivity index (χ1n) is 12.6. The Kier molecular flexibility index (Phi) is 6.91. The first-order chi connectivity index (χ1) is 14.8. The van der Waals surface area contributed by atoms with Crippen molar-refractivity contribution in [1.82, 2.24) is 10.2 Å². The van der Waals surface area contributed by atoms with E-state index in [2.05, 4.69) is 41.2 Å². The normalized spacial score (nSPS) is 41.5. The molecule has 4 aliphatic rings. The van der Waals surface area contributed by atoms with Crippen molar-refractivity contribution in [3.63, 3.8) is 0 Å². The average Bonchev–Trinajstić information content (AvgIpc) is 3.09. The molecule has 7 atom stereocenters. The van der Waals surface area contributed by atoms with Crippen LogP contribution in [-0.4, -0.2) is 41.7 Å². The number of likely N-dealkylation sites (N-methyl/N-ethyl adjacent to an activating group) is 1. The monoisotopic (exact) mass is 492 g/mol. The summed E-state index contributed by atoms with van der Waals surface area (Å²) >= 11 is 3.46. The van der Waals surface area contributed by atoms with Gasteiger partial charge in [-0.2, -0.15) is 0 Å². The first kappa shape index (κ1) is 23.3. The minimum Gasteiger partial charge on any atom is -0.356 e. The van der Waals surface area contributed by atoms with Crippen LogP contribution in [0.1, 0.15) is 78.1 Å². The summed E-state index contributed by atoms with van der Waals surface area (Å²) in [5.41, 5.74) is 0.474. The van der Waals surface area contributed by atoms with Crippen molar-refractivity contribution in [3.05, 3.63) is 12.2 Å². The van der Waals surface area contributed by atoms with E-state index >= 15 is 0 Å². The Morgan fingerprint density at radius 3 is 2.71 bits per heavy atom. The van der Waals surface area contributed by atoms with Crippen LogP contribution >= 0.6 is 15.9 Å². The average molecular weight is 494 g/mol. The van der Waals surface area contributed by atoms with Gasteiger partial charge in [-0.05, 0) is 86.5 Å². The quantitative estimate of drug-likeness (QED) is 0.386. The van der Waals surface area contributed by atoms with E-state index in [1.54, 1.807) is 0 Å². The summed E-state index contributed by atoms with van der Waals surface area (Å²) in [6, 6.07) is 0.358. The lowest BCUT2D eigenvalue weighted by atomic mass is 9.47. The maximum absolute atomic E-state index is 12.3. The predicted molar refractivity (Wildman–Crippen MR) is 129 cm³/mol. The highest BCUT2D eigenvalue weighted by atomic mass is 79.9. The molecule has 1 aliphatic heterocycles. The van der Waals surface area contributed by atoms with Gasteiger partial charge in [0, 0.05) is 36.8 Å². The number of amides is 2. The lowest BCUT2D eigenvalue weighted by Gasteiger charge is -2.60. The van der Waals surface area contributed by atoms with Crippen LogP contribution in [-0.2, 0) is 9.59 Å². The van der Waals surface area contributed by atoms with Gasteiger partial charge in [-0.1, -0.05) is 42.3 Å². The summed E-state index contributed by atoms with van der Waals surface area (Å²) < 4.78 is 0. The number of nitrogens with one attached hydrogen (secondary N) is 1. The molecular weight excluding hydrogens is 452 g/mol. The number of unbranched alkanes of at least 4 members (excludes halogenated alkanes) is 2. The number of nitrogens with zero attached hydrogens (tertiary/aromatic N) is 1. The van der Waals surface area contributed by atoms with E-state index in [1.165, 1.54) is 32.1 Å². The van der Waals surface area contributed by atoms with Crippen molar-refractivity contribution in [3.8, 4) is 0 Å². The zero-order chi connectivity index (χ0) is 22.2.